The van der Waals surface area contributed by atoms with E-state index in [0.717, 1.165) is 11.3 Å². The van der Waals surface area contributed by atoms with Gasteiger partial charge < -0.3 is 19.8 Å². The van der Waals surface area contributed by atoms with Crippen LogP contribution in [0.1, 0.15) is 47.8 Å². The number of ether oxygens (including phenoxy) is 1. The standard InChI is InChI=1S/C27H32ClFN4O3/c1-33(2)20-12-9-18(10-13-20)24-17-32-27(36-24)19(6-5-15-31-25(30)16-29)11-14-22(34)26-21(28)7-4-8-23(26)35-3/h4,7-10,12-13,17,19H,5-6,11,14-16H2,1-3H3,(H2,30,31)/t19-/m1/s1. The molecule has 9 heteroatoms. The Morgan fingerprint density at radius 2 is 1.97 bits per heavy atom. The minimum Gasteiger partial charge on any atom is -0.496 e. The fourth-order valence-electron chi connectivity index (χ4n) is 3.90. The number of hydrogen-bond donors (Lipinski definition) is 1. The third-order valence-corrected chi connectivity index (χ3v) is 6.21. The van der Waals surface area contributed by atoms with E-state index in [0.29, 0.717) is 53.8 Å². The van der Waals surface area contributed by atoms with Gasteiger partial charge in [0.15, 0.2) is 17.4 Å². The molecule has 0 spiro atoms. The molecular weight excluding hydrogens is 483 g/mol. The number of methoxy groups -OCH3 is 1. The Morgan fingerprint density at radius 1 is 1.22 bits per heavy atom. The van der Waals surface area contributed by atoms with E-state index < -0.39 is 6.67 Å². The number of nitrogens with two attached hydrogens (primary N) is 1. The second kappa shape index (κ2) is 13.1. The van der Waals surface area contributed by atoms with Crippen molar-refractivity contribution in [1.82, 2.24) is 4.98 Å². The van der Waals surface area contributed by atoms with Crippen molar-refractivity contribution >= 4 is 28.9 Å². The molecule has 36 heavy (non-hydrogen) atoms. The molecule has 1 heterocycles. The van der Waals surface area contributed by atoms with Crippen LogP contribution in [-0.4, -0.2) is 51.0 Å². The van der Waals surface area contributed by atoms with Gasteiger partial charge in [0.05, 0.1) is 23.9 Å². The average Bonchev–Trinajstić information content (AvgIpc) is 3.37. The van der Waals surface area contributed by atoms with Gasteiger partial charge in [-0.1, -0.05) is 17.7 Å². The summed E-state index contributed by atoms with van der Waals surface area (Å²) in [5.41, 5.74) is 7.84. The van der Waals surface area contributed by atoms with Crippen LogP contribution in [0, 0.1) is 0 Å². The lowest BCUT2D eigenvalue weighted by Gasteiger charge is -2.14. The molecule has 7 nitrogen and oxygen atoms in total. The highest BCUT2D eigenvalue weighted by atomic mass is 35.5. The Hall–Kier alpha value is -3.39. The first-order valence-corrected chi connectivity index (χ1v) is 12.2. The topological polar surface area (TPSA) is 93.9 Å². The number of amidine groups is 1. The first kappa shape index (κ1) is 27.2. The molecule has 0 saturated carbocycles. The zero-order valence-corrected chi connectivity index (χ0v) is 21.6. The summed E-state index contributed by atoms with van der Waals surface area (Å²) in [5, 5.41) is 0.353. The number of carbonyl (C=O) groups excluding carboxylic acids is 1. The molecule has 0 bridgehead atoms. The smallest absolute Gasteiger partial charge is 0.198 e. The molecular formula is C27H32ClFN4O3. The molecule has 0 saturated heterocycles. The van der Waals surface area contributed by atoms with Crippen LogP contribution in [0.4, 0.5) is 10.1 Å². The van der Waals surface area contributed by atoms with Gasteiger partial charge in [-0.15, -0.1) is 0 Å². The van der Waals surface area contributed by atoms with Crippen molar-refractivity contribution in [2.45, 2.75) is 31.6 Å². The van der Waals surface area contributed by atoms with Crippen molar-refractivity contribution < 1.29 is 18.3 Å². The zero-order valence-electron chi connectivity index (χ0n) is 20.8. The van der Waals surface area contributed by atoms with Crippen molar-refractivity contribution in [3.8, 4) is 17.1 Å². The second-order valence-corrected chi connectivity index (χ2v) is 9.04. The van der Waals surface area contributed by atoms with E-state index in [-0.39, 0.29) is 24.0 Å². The molecule has 0 aliphatic rings. The van der Waals surface area contributed by atoms with Gasteiger partial charge in [-0.2, -0.15) is 0 Å². The van der Waals surface area contributed by atoms with Crippen LogP contribution in [0.2, 0.25) is 5.02 Å². The van der Waals surface area contributed by atoms with Crippen LogP contribution in [0.3, 0.4) is 0 Å². The number of Topliss-reactive ketones (excluding diaryl/α,β-unsaturated/α-hetero) is 1. The summed E-state index contributed by atoms with van der Waals surface area (Å²) in [6.07, 6.45) is 3.72. The third-order valence-electron chi connectivity index (χ3n) is 5.90. The summed E-state index contributed by atoms with van der Waals surface area (Å²) in [6.45, 7) is -0.384. The zero-order chi connectivity index (χ0) is 26.1. The van der Waals surface area contributed by atoms with Crippen LogP contribution < -0.4 is 15.4 Å². The minimum atomic E-state index is -0.771. The summed E-state index contributed by atoms with van der Waals surface area (Å²) in [5.74, 6) is 1.36. The number of hydrogen-bond acceptors (Lipinski definition) is 6. The number of aliphatic imine (C=N–C) groups is 1. The Morgan fingerprint density at radius 3 is 2.64 bits per heavy atom. The number of ketones is 1. The van der Waals surface area contributed by atoms with Crippen LogP contribution in [0.5, 0.6) is 5.75 Å². The van der Waals surface area contributed by atoms with Crippen molar-refractivity contribution in [2.24, 2.45) is 10.7 Å². The van der Waals surface area contributed by atoms with Crippen LogP contribution in [0.25, 0.3) is 11.3 Å². The molecule has 0 amide bonds. The van der Waals surface area contributed by atoms with Crippen molar-refractivity contribution in [3.05, 3.63) is 65.1 Å². The van der Waals surface area contributed by atoms with Gasteiger partial charge in [-0.3, -0.25) is 9.79 Å². The molecule has 192 valence electrons. The number of halogens is 2. The first-order valence-electron chi connectivity index (χ1n) is 11.8. The van der Waals surface area contributed by atoms with Crippen LogP contribution >= 0.6 is 11.6 Å². The quantitative estimate of drug-likeness (QED) is 0.132. The normalized spacial score (nSPS) is 12.4. The van der Waals surface area contributed by atoms with Gasteiger partial charge in [-0.05, 0) is 55.7 Å². The SMILES string of the molecule is COc1cccc(Cl)c1C(=O)CC[C@@H](CCCN=C(N)CF)c1ncc(-c2ccc(N(C)C)cc2)o1. The predicted octanol–water partition coefficient (Wildman–Crippen LogP) is 5.92. The molecule has 0 fully saturated rings. The van der Waals surface area contributed by atoms with Crippen LogP contribution in [0.15, 0.2) is 58.1 Å². The largest absolute Gasteiger partial charge is 0.496 e. The fraction of sp³-hybridized carbons (Fsp3) is 0.370. The summed E-state index contributed by atoms with van der Waals surface area (Å²) in [4.78, 5) is 23.6. The van der Waals surface area contributed by atoms with Crippen molar-refractivity contribution in [3.63, 3.8) is 0 Å². The third kappa shape index (κ3) is 7.07. The molecule has 0 aliphatic heterocycles. The maximum Gasteiger partial charge on any atom is 0.198 e. The summed E-state index contributed by atoms with van der Waals surface area (Å²) in [7, 11) is 5.47. The maximum atomic E-state index is 13.1. The summed E-state index contributed by atoms with van der Waals surface area (Å²) < 4.78 is 24.1. The fourth-order valence-corrected chi connectivity index (χ4v) is 4.17. The van der Waals surface area contributed by atoms with Gasteiger partial charge in [0.2, 0.25) is 0 Å². The summed E-state index contributed by atoms with van der Waals surface area (Å²) in [6, 6.07) is 13.1. The molecule has 2 N–H and O–H groups in total. The van der Waals surface area contributed by atoms with Crippen LogP contribution in [-0.2, 0) is 0 Å². The van der Waals surface area contributed by atoms with E-state index in [2.05, 4.69) is 9.98 Å². The molecule has 0 aliphatic carbocycles. The number of rotatable bonds is 13. The maximum absolute atomic E-state index is 13.1. The van der Waals surface area contributed by atoms with E-state index in [1.165, 1.54) is 7.11 Å². The van der Waals surface area contributed by atoms with E-state index >= 15 is 0 Å². The molecule has 3 rings (SSSR count). The van der Waals surface area contributed by atoms with Gasteiger partial charge in [0.25, 0.3) is 0 Å². The molecule has 0 radical (unpaired) electrons. The Labute approximate surface area is 216 Å². The lowest BCUT2D eigenvalue weighted by molar-refractivity contribution is 0.0973. The van der Waals surface area contributed by atoms with Gasteiger partial charge >= 0.3 is 0 Å². The Kier molecular flexibility index (Phi) is 9.87. The Balaban J connectivity index is 1.77. The van der Waals surface area contributed by atoms with Gasteiger partial charge in [0, 0.05) is 44.2 Å². The number of benzene rings is 2. The van der Waals surface area contributed by atoms with E-state index in [1.54, 1.807) is 24.4 Å². The van der Waals surface area contributed by atoms with E-state index in [9.17, 15) is 9.18 Å². The number of carbonyl (C=O) groups is 1. The van der Waals surface area contributed by atoms with Gasteiger partial charge in [0.1, 0.15) is 18.3 Å². The second-order valence-electron chi connectivity index (χ2n) is 8.63. The van der Waals surface area contributed by atoms with Crippen molar-refractivity contribution in [1.29, 1.82) is 0 Å². The minimum absolute atomic E-state index is 0.0212. The highest BCUT2D eigenvalue weighted by molar-refractivity contribution is 6.34. The lowest BCUT2D eigenvalue weighted by atomic mass is 9.94. The van der Waals surface area contributed by atoms with E-state index in [1.807, 2.05) is 43.3 Å². The number of alkyl halides is 1. The highest BCUT2D eigenvalue weighted by Crippen LogP contribution is 2.33. The molecule has 2 aromatic carbocycles. The Bertz CT molecular complexity index is 1180. The molecule has 1 aromatic heterocycles. The molecule has 3 aromatic rings. The highest BCUT2D eigenvalue weighted by Gasteiger charge is 2.22. The molecule has 0 unspecified atom stereocenters. The number of aromatic nitrogens is 1. The average molecular weight is 515 g/mol. The predicted molar refractivity (Wildman–Crippen MR) is 142 cm³/mol. The number of nitrogens with zero attached hydrogens (tertiary/aromatic N) is 3. The number of oxazole rings is 1. The molecule has 1 atom stereocenters. The van der Waals surface area contributed by atoms with Crippen molar-refractivity contribution in [2.75, 3.05) is 39.3 Å². The number of anilines is 1. The van der Waals surface area contributed by atoms with E-state index in [4.69, 9.17) is 26.5 Å². The lowest BCUT2D eigenvalue weighted by Crippen LogP contribution is -2.14. The monoisotopic (exact) mass is 514 g/mol. The van der Waals surface area contributed by atoms with Gasteiger partial charge in [-0.25, -0.2) is 9.37 Å². The first-order chi connectivity index (χ1) is 17.3. The summed E-state index contributed by atoms with van der Waals surface area (Å²) >= 11 is 6.29.